The van der Waals surface area contributed by atoms with Gasteiger partial charge >= 0.3 is 0 Å². The topological polar surface area (TPSA) is 39.5 Å². The minimum atomic E-state index is -0.172. The Hall–Kier alpha value is -1.57. The van der Waals surface area contributed by atoms with E-state index < -0.39 is 0 Å². The SMILES string of the molecule is CCCN1CCN(C(C#N)c2cccc(OC)c2)CC1. The van der Waals surface area contributed by atoms with Crippen molar-refractivity contribution in [2.24, 2.45) is 0 Å². The fourth-order valence-corrected chi connectivity index (χ4v) is 2.74. The average Bonchev–Trinajstić information content (AvgIpc) is 2.50. The van der Waals surface area contributed by atoms with Gasteiger partial charge in [-0.2, -0.15) is 5.26 Å². The zero-order valence-corrected chi connectivity index (χ0v) is 12.4. The lowest BCUT2D eigenvalue weighted by Crippen LogP contribution is -2.47. The van der Waals surface area contributed by atoms with Crippen LogP contribution in [0.4, 0.5) is 0 Å². The number of rotatable bonds is 5. The summed E-state index contributed by atoms with van der Waals surface area (Å²) in [7, 11) is 1.66. The van der Waals surface area contributed by atoms with Crippen molar-refractivity contribution in [1.29, 1.82) is 5.26 Å². The molecule has 1 heterocycles. The van der Waals surface area contributed by atoms with E-state index in [1.807, 2.05) is 24.3 Å². The second-order valence-electron chi connectivity index (χ2n) is 5.19. The van der Waals surface area contributed by atoms with Gasteiger partial charge in [-0.05, 0) is 30.7 Å². The normalized spacial score (nSPS) is 18.4. The second kappa shape index (κ2) is 7.28. The van der Waals surface area contributed by atoms with Crippen LogP contribution in [-0.2, 0) is 0 Å². The fraction of sp³-hybridized carbons (Fsp3) is 0.562. The smallest absolute Gasteiger partial charge is 0.124 e. The molecule has 0 aromatic heterocycles. The van der Waals surface area contributed by atoms with E-state index in [1.54, 1.807) is 7.11 Å². The van der Waals surface area contributed by atoms with Crippen LogP contribution in [0.3, 0.4) is 0 Å². The Bertz CT molecular complexity index is 461. The van der Waals surface area contributed by atoms with Crippen molar-refractivity contribution in [1.82, 2.24) is 9.80 Å². The number of nitrogens with zero attached hydrogens (tertiary/aromatic N) is 3. The number of ether oxygens (including phenoxy) is 1. The molecule has 1 aliphatic heterocycles. The lowest BCUT2D eigenvalue weighted by molar-refractivity contribution is 0.114. The predicted molar refractivity (Wildman–Crippen MR) is 79.7 cm³/mol. The highest BCUT2D eigenvalue weighted by Crippen LogP contribution is 2.24. The molecule has 0 saturated carbocycles. The zero-order valence-electron chi connectivity index (χ0n) is 12.4. The molecule has 0 amide bonds. The van der Waals surface area contributed by atoms with Crippen molar-refractivity contribution in [3.8, 4) is 11.8 Å². The molecule has 1 unspecified atom stereocenters. The van der Waals surface area contributed by atoms with E-state index in [1.165, 1.54) is 6.42 Å². The molecule has 0 bridgehead atoms. The maximum absolute atomic E-state index is 9.52. The van der Waals surface area contributed by atoms with E-state index in [-0.39, 0.29) is 6.04 Å². The summed E-state index contributed by atoms with van der Waals surface area (Å²) in [6, 6.07) is 10.1. The minimum Gasteiger partial charge on any atom is -0.497 e. The minimum absolute atomic E-state index is 0.172. The Kier molecular flexibility index (Phi) is 5.40. The molecule has 1 aliphatic rings. The molecule has 0 aliphatic carbocycles. The van der Waals surface area contributed by atoms with Crippen LogP contribution in [0.5, 0.6) is 5.75 Å². The van der Waals surface area contributed by atoms with Gasteiger partial charge in [0.15, 0.2) is 0 Å². The van der Waals surface area contributed by atoms with Gasteiger partial charge in [-0.3, -0.25) is 4.90 Å². The van der Waals surface area contributed by atoms with Gasteiger partial charge < -0.3 is 9.64 Å². The van der Waals surface area contributed by atoms with E-state index in [0.717, 1.165) is 44.0 Å². The first-order chi connectivity index (χ1) is 9.78. The number of piperazine rings is 1. The molecule has 0 N–H and O–H groups in total. The number of hydrogen-bond donors (Lipinski definition) is 0. The molecule has 1 atom stereocenters. The quantitative estimate of drug-likeness (QED) is 0.825. The van der Waals surface area contributed by atoms with E-state index in [0.29, 0.717) is 0 Å². The van der Waals surface area contributed by atoms with Crippen molar-refractivity contribution < 1.29 is 4.74 Å². The van der Waals surface area contributed by atoms with Crippen LogP contribution in [0.25, 0.3) is 0 Å². The van der Waals surface area contributed by atoms with Crippen LogP contribution in [0.1, 0.15) is 24.9 Å². The average molecular weight is 273 g/mol. The second-order valence-corrected chi connectivity index (χ2v) is 5.19. The Morgan fingerprint density at radius 1 is 1.30 bits per heavy atom. The van der Waals surface area contributed by atoms with E-state index >= 15 is 0 Å². The van der Waals surface area contributed by atoms with Gasteiger partial charge in [0.1, 0.15) is 11.8 Å². The third-order valence-electron chi connectivity index (χ3n) is 3.84. The fourth-order valence-electron chi connectivity index (χ4n) is 2.74. The largest absolute Gasteiger partial charge is 0.497 e. The van der Waals surface area contributed by atoms with Gasteiger partial charge in [0, 0.05) is 26.2 Å². The van der Waals surface area contributed by atoms with Crippen molar-refractivity contribution in [2.45, 2.75) is 19.4 Å². The third kappa shape index (κ3) is 3.50. The molecular weight excluding hydrogens is 250 g/mol. The van der Waals surface area contributed by atoms with Crippen LogP contribution >= 0.6 is 0 Å². The van der Waals surface area contributed by atoms with Crippen molar-refractivity contribution in [2.75, 3.05) is 39.8 Å². The third-order valence-corrected chi connectivity index (χ3v) is 3.84. The predicted octanol–water partition coefficient (Wildman–Crippen LogP) is 2.29. The van der Waals surface area contributed by atoms with Crippen LogP contribution < -0.4 is 4.74 Å². The zero-order chi connectivity index (χ0) is 14.4. The maximum Gasteiger partial charge on any atom is 0.124 e. The Morgan fingerprint density at radius 2 is 2.05 bits per heavy atom. The van der Waals surface area contributed by atoms with Gasteiger partial charge in [0.05, 0.1) is 13.2 Å². The highest BCUT2D eigenvalue weighted by Gasteiger charge is 2.24. The summed E-state index contributed by atoms with van der Waals surface area (Å²) in [6.45, 7) is 7.38. The van der Waals surface area contributed by atoms with Crippen molar-refractivity contribution >= 4 is 0 Å². The van der Waals surface area contributed by atoms with Crippen molar-refractivity contribution in [3.63, 3.8) is 0 Å². The summed E-state index contributed by atoms with van der Waals surface area (Å²) >= 11 is 0. The van der Waals surface area contributed by atoms with E-state index in [9.17, 15) is 5.26 Å². The summed E-state index contributed by atoms with van der Waals surface area (Å²) in [5.41, 5.74) is 1.02. The molecule has 1 aromatic rings. The summed E-state index contributed by atoms with van der Waals surface area (Å²) in [6.07, 6.45) is 1.19. The summed E-state index contributed by atoms with van der Waals surface area (Å²) in [5, 5.41) is 9.52. The van der Waals surface area contributed by atoms with Crippen LogP contribution in [0.15, 0.2) is 24.3 Å². The molecule has 20 heavy (non-hydrogen) atoms. The first-order valence-corrected chi connectivity index (χ1v) is 7.28. The number of benzene rings is 1. The van der Waals surface area contributed by atoms with Gasteiger partial charge in [-0.15, -0.1) is 0 Å². The summed E-state index contributed by atoms with van der Waals surface area (Å²) in [5.74, 6) is 0.812. The Balaban J connectivity index is 2.04. The first kappa shape index (κ1) is 14.8. The monoisotopic (exact) mass is 273 g/mol. The van der Waals surface area contributed by atoms with Gasteiger partial charge in [0.25, 0.3) is 0 Å². The molecule has 0 radical (unpaired) electrons. The van der Waals surface area contributed by atoms with Crippen LogP contribution in [0.2, 0.25) is 0 Å². The van der Waals surface area contributed by atoms with Crippen molar-refractivity contribution in [3.05, 3.63) is 29.8 Å². The molecule has 0 spiro atoms. The lowest BCUT2D eigenvalue weighted by atomic mass is 10.1. The molecule has 4 heteroatoms. The van der Waals surface area contributed by atoms with Crippen LogP contribution in [-0.4, -0.2) is 49.6 Å². The lowest BCUT2D eigenvalue weighted by Gasteiger charge is -2.36. The molecule has 4 nitrogen and oxygen atoms in total. The number of hydrogen-bond acceptors (Lipinski definition) is 4. The molecular formula is C16H23N3O. The number of methoxy groups -OCH3 is 1. The van der Waals surface area contributed by atoms with E-state index in [2.05, 4.69) is 22.8 Å². The van der Waals surface area contributed by atoms with Gasteiger partial charge in [-0.25, -0.2) is 0 Å². The highest BCUT2D eigenvalue weighted by atomic mass is 16.5. The Morgan fingerprint density at radius 3 is 2.65 bits per heavy atom. The standard InChI is InChI=1S/C16H23N3O/c1-3-7-18-8-10-19(11-9-18)16(13-17)14-5-4-6-15(12-14)20-2/h4-6,12,16H,3,7-11H2,1-2H3. The summed E-state index contributed by atoms with van der Waals surface area (Å²) < 4.78 is 5.25. The number of nitriles is 1. The first-order valence-electron chi connectivity index (χ1n) is 7.28. The molecule has 2 rings (SSSR count). The maximum atomic E-state index is 9.52. The highest BCUT2D eigenvalue weighted by molar-refractivity contribution is 5.33. The molecule has 1 aromatic carbocycles. The summed E-state index contributed by atoms with van der Waals surface area (Å²) in [4.78, 5) is 4.73. The molecule has 1 fully saturated rings. The van der Waals surface area contributed by atoms with E-state index in [4.69, 9.17) is 4.74 Å². The van der Waals surface area contributed by atoms with Gasteiger partial charge in [-0.1, -0.05) is 19.1 Å². The Labute approximate surface area is 121 Å². The van der Waals surface area contributed by atoms with Crippen LogP contribution in [0, 0.1) is 11.3 Å². The molecule has 1 saturated heterocycles. The van der Waals surface area contributed by atoms with Gasteiger partial charge in [0.2, 0.25) is 0 Å². The molecule has 108 valence electrons.